The summed E-state index contributed by atoms with van der Waals surface area (Å²) in [5, 5.41) is 6.00. The highest BCUT2D eigenvalue weighted by molar-refractivity contribution is 6.03. The minimum Gasteiger partial charge on any atom is -0.466 e. The van der Waals surface area contributed by atoms with Gasteiger partial charge in [-0.05, 0) is 53.0 Å². The molecule has 2 rings (SSSR count). The topological polar surface area (TPSA) is 93.7 Å². The number of dihydropyridines is 1. The molecule has 7 heteroatoms. The summed E-state index contributed by atoms with van der Waals surface area (Å²) in [6, 6.07) is 6.82. The first-order chi connectivity index (χ1) is 15.3. The van der Waals surface area contributed by atoms with Crippen molar-refractivity contribution in [2.75, 3.05) is 7.11 Å². The predicted molar refractivity (Wildman–Crippen MR) is 127 cm³/mol. The van der Waals surface area contributed by atoms with E-state index in [4.69, 9.17) is 9.47 Å². The molecule has 1 aliphatic heterocycles. The van der Waals surface area contributed by atoms with E-state index in [2.05, 4.69) is 10.6 Å². The number of ether oxygens (including phenoxy) is 2. The average Bonchev–Trinajstić information content (AvgIpc) is 2.69. The Balaban J connectivity index is 2.54. The Hall–Kier alpha value is -3.09. The van der Waals surface area contributed by atoms with Crippen molar-refractivity contribution in [3.63, 3.8) is 0 Å². The van der Waals surface area contributed by atoms with Gasteiger partial charge in [-0.3, -0.25) is 4.79 Å². The molecule has 1 heterocycles. The monoisotopic (exact) mass is 456 g/mol. The molecule has 0 aromatic heterocycles. The number of carbonyl (C=O) groups is 3. The van der Waals surface area contributed by atoms with Crippen LogP contribution < -0.4 is 10.6 Å². The second kappa shape index (κ2) is 10.2. The normalized spacial score (nSPS) is 17.5. The van der Waals surface area contributed by atoms with Crippen molar-refractivity contribution >= 4 is 17.8 Å². The van der Waals surface area contributed by atoms with Crippen molar-refractivity contribution < 1.29 is 23.9 Å². The van der Waals surface area contributed by atoms with Gasteiger partial charge in [0.25, 0.3) is 5.91 Å². The Morgan fingerprint density at radius 2 is 1.64 bits per heavy atom. The number of carbonyl (C=O) groups excluding carboxylic acids is 3. The first-order valence-electron chi connectivity index (χ1n) is 11.1. The Morgan fingerprint density at radius 3 is 2.15 bits per heavy atom. The molecule has 1 unspecified atom stereocenters. The summed E-state index contributed by atoms with van der Waals surface area (Å²) in [5.41, 5.74) is 3.06. The smallest absolute Gasteiger partial charge is 0.336 e. The molecule has 0 aliphatic carbocycles. The van der Waals surface area contributed by atoms with E-state index in [0.717, 1.165) is 11.1 Å². The number of nitrogens with one attached hydrogen (secondary N) is 2. The van der Waals surface area contributed by atoms with E-state index >= 15 is 0 Å². The summed E-state index contributed by atoms with van der Waals surface area (Å²) in [7, 11) is 1.32. The highest BCUT2D eigenvalue weighted by atomic mass is 16.6. The van der Waals surface area contributed by atoms with Crippen molar-refractivity contribution in [2.45, 2.75) is 73.0 Å². The SMILES string of the molecule is COC(=O)C1=C(C)NC(C)=C(C(=O)N[C@H](C(=O)OC(C)(C)C)C(C)C)C1c1cccc(C)c1. The van der Waals surface area contributed by atoms with Crippen molar-refractivity contribution in [2.24, 2.45) is 5.92 Å². The molecule has 0 radical (unpaired) electrons. The third kappa shape index (κ3) is 6.24. The van der Waals surface area contributed by atoms with E-state index < -0.39 is 35.4 Å². The molecule has 2 N–H and O–H groups in total. The molecule has 0 saturated heterocycles. The maximum atomic E-state index is 13.6. The maximum absolute atomic E-state index is 13.6. The van der Waals surface area contributed by atoms with Gasteiger partial charge in [0.05, 0.1) is 18.6 Å². The van der Waals surface area contributed by atoms with Crippen molar-refractivity contribution in [3.8, 4) is 0 Å². The van der Waals surface area contributed by atoms with Gasteiger partial charge in [-0.25, -0.2) is 9.59 Å². The Kier molecular flexibility index (Phi) is 8.11. The molecule has 0 saturated carbocycles. The summed E-state index contributed by atoms with van der Waals surface area (Å²) < 4.78 is 10.6. The molecule has 1 aliphatic rings. The Morgan fingerprint density at radius 1 is 1.03 bits per heavy atom. The highest BCUT2D eigenvalue weighted by Gasteiger charge is 2.39. The molecular weight excluding hydrogens is 420 g/mol. The molecule has 33 heavy (non-hydrogen) atoms. The van der Waals surface area contributed by atoms with E-state index in [1.54, 1.807) is 34.6 Å². The Bertz CT molecular complexity index is 998. The van der Waals surface area contributed by atoms with E-state index in [0.29, 0.717) is 22.5 Å². The fourth-order valence-corrected chi connectivity index (χ4v) is 3.94. The number of benzene rings is 1. The van der Waals surface area contributed by atoms with Crippen LogP contribution in [0.3, 0.4) is 0 Å². The summed E-state index contributed by atoms with van der Waals surface area (Å²) in [6.07, 6.45) is 0. The number of allylic oxidation sites excluding steroid dienone is 2. The summed E-state index contributed by atoms with van der Waals surface area (Å²) in [5.74, 6) is -2.30. The van der Waals surface area contributed by atoms with Gasteiger partial charge in [0.2, 0.25) is 0 Å². The number of amides is 1. The third-order valence-electron chi connectivity index (χ3n) is 5.40. The van der Waals surface area contributed by atoms with Crippen LogP contribution in [0.2, 0.25) is 0 Å². The lowest BCUT2D eigenvalue weighted by molar-refractivity contribution is -0.159. The molecule has 1 aromatic rings. The fraction of sp³-hybridized carbons (Fsp3) is 0.500. The zero-order chi connectivity index (χ0) is 25.1. The van der Waals surface area contributed by atoms with Crippen LogP contribution in [-0.4, -0.2) is 36.6 Å². The predicted octanol–water partition coefficient (Wildman–Crippen LogP) is 3.89. The fourth-order valence-electron chi connectivity index (χ4n) is 3.94. The molecule has 0 fully saturated rings. The standard InChI is InChI=1S/C26H36N2O5/c1-14(2)22(25(31)33-26(6,7)8)28-23(29)19-16(4)27-17(5)20(24(30)32-9)21(19)18-12-10-11-15(3)13-18/h10-14,21-22,27H,1-9H3,(H,28,29)/t21?,22-/m0/s1. The van der Waals surface area contributed by atoms with Crippen LogP contribution in [-0.2, 0) is 23.9 Å². The second-order valence-corrected chi connectivity index (χ2v) is 9.77. The summed E-state index contributed by atoms with van der Waals surface area (Å²) in [4.78, 5) is 39.2. The van der Waals surface area contributed by atoms with E-state index in [9.17, 15) is 14.4 Å². The van der Waals surface area contributed by atoms with Gasteiger partial charge in [0.15, 0.2) is 0 Å². The van der Waals surface area contributed by atoms with Gasteiger partial charge in [-0.2, -0.15) is 0 Å². The number of aryl methyl sites for hydroxylation is 1. The van der Waals surface area contributed by atoms with Crippen LogP contribution in [0, 0.1) is 12.8 Å². The van der Waals surface area contributed by atoms with Crippen molar-refractivity contribution in [1.82, 2.24) is 10.6 Å². The molecule has 0 bridgehead atoms. The lowest BCUT2D eigenvalue weighted by atomic mass is 9.79. The molecule has 180 valence electrons. The van der Waals surface area contributed by atoms with Crippen LogP contribution in [0.1, 0.15) is 65.5 Å². The molecule has 1 amide bonds. The Labute approximate surface area is 196 Å². The molecule has 1 aromatic carbocycles. The molecule has 2 atom stereocenters. The van der Waals surface area contributed by atoms with Gasteiger partial charge >= 0.3 is 11.9 Å². The van der Waals surface area contributed by atoms with E-state index in [1.807, 2.05) is 45.0 Å². The lowest BCUT2D eigenvalue weighted by Gasteiger charge is -2.32. The third-order valence-corrected chi connectivity index (χ3v) is 5.40. The first kappa shape index (κ1) is 26.2. The van der Waals surface area contributed by atoms with Crippen molar-refractivity contribution in [3.05, 3.63) is 57.9 Å². The van der Waals surface area contributed by atoms with Crippen LogP contribution in [0.25, 0.3) is 0 Å². The number of rotatable bonds is 6. The zero-order valence-corrected chi connectivity index (χ0v) is 21.1. The minimum atomic E-state index is -0.844. The number of hydrogen-bond donors (Lipinski definition) is 2. The van der Waals surface area contributed by atoms with E-state index in [-0.39, 0.29) is 5.92 Å². The van der Waals surface area contributed by atoms with Gasteiger partial charge in [-0.15, -0.1) is 0 Å². The number of methoxy groups -OCH3 is 1. The van der Waals surface area contributed by atoms with Crippen molar-refractivity contribution in [1.29, 1.82) is 0 Å². The second-order valence-electron chi connectivity index (χ2n) is 9.77. The highest BCUT2D eigenvalue weighted by Crippen LogP contribution is 2.39. The van der Waals surface area contributed by atoms with Crippen LogP contribution in [0.5, 0.6) is 0 Å². The largest absolute Gasteiger partial charge is 0.466 e. The van der Waals surface area contributed by atoms with Crippen LogP contribution in [0.15, 0.2) is 46.8 Å². The zero-order valence-electron chi connectivity index (χ0n) is 21.1. The van der Waals surface area contributed by atoms with Gasteiger partial charge in [0.1, 0.15) is 11.6 Å². The van der Waals surface area contributed by atoms with Gasteiger partial charge < -0.3 is 20.1 Å². The van der Waals surface area contributed by atoms with Gasteiger partial charge in [0, 0.05) is 17.0 Å². The minimum absolute atomic E-state index is 0.198. The molecule has 0 spiro atoms. The number of esters is 2. The summed E-state index contributed by atoms with van der Waals surface area (Å²) >= 11 is 0. The van der Waals surface area contributed by atoms with Gasteiger partial charge in [-0.1, -0.05) is 43.7 Å². The van der Waals surface area contributed by atoms with Crippen LogP contribution in [0.4, 0.5) is 0 Å². The lowest BCUT2D eigenvalue weighted by Crippen LogP contribution is -2.49. The quantitative estimate of drug-likeness (QED) is 0.631. The first-order valence-corrected chi connectivity index (χ1v) is 11.1. The number of hydrogen-bond acceptors (Lipinski definition) is 6. The maximum Gasteiger partial charge on any atom is 0.336 e. The molecular formula is C26H36N2O5. The molecule has 7 nitrogen and oxygen atoms in total. The van der Waals surface area contributed by atoms with Crippen LogP contribution >= 0.6 is 0 Å². The average molecular weight is 457 g/mol. The van der Waals surface area contributed by atoms with E-state index in [1.165, 1.54) is 7.11 Å². The summed E-state index contributed by atoms with van der Waals surface area (Å²) in [6.45, 7) is 14.6.